The zero-order valence-electron chi connectivity index (χ0n) is 28.0. The highest BCUT2D eigenvalue weighted by molar-refractivity contribution is 6.05. The third-order valence-corrected chi connectivity index (χ3v) is 10.2. The zero-order valence-corrected chi connectivity index (χ0v) is 28.0. The predicted molar refractivity (Wildman–Crippen MR) is 213 cm³/mol. The highest BCUT2D eigenvalue weighted by Crippen LogP contribution is 2.46. The summed E-state index contributed by atoms with van der Waals surface area (Å²) in [4.78, 5) is 2.40. The molecule has 1 heteroatoms. The number of hydrogen-bond acceptors (Lipinski definition) is 1. The second-order valence-electron chi connectivity index (χ2n) is 13.1. The van der Waals surface area contributed by atoms with E-state index in [1.165, 1.54) is 77.8 Å². The summed E-state index contributed by atoms with van der Waals surface area (Å²) in [5.74, 6) is 0. The van der Waals surface area contributed by atoms with Gasteiger partial charge < -0.3 is 4.90 Å². The van der Waals surface area contributed by atoms with Crippen molar-refractivity contribution >= 4 is 27.6 Å². The number of anilines is 1. The van der Waals surface area contributed by atoms with Crippen LogP contribution in [0.4, 0.5) is 5.69 Å². The summed E-state index contributed by atoms with van der Waals surface area (Å²) in [6.07, 6.45) is 21.2. The van der Waals surface area contributed by atoms with Crippen molar-refractivity contribution in [3.63, 3.8) is 0 Å². The number of para-hydroxylation sites is 1. The van der Waals surface area contributed by atoms with Crippen LogP contribution in [0.25, 0.3) is 44.2 Å². The van der Waals surface area contributed by atoms with Gasteiger partial charge in [-0.25, -0.2) is 0 Å². The molecule has 50 heavy (non-hydrogen) atoms. The fourth-order valence-corrected chi connectivity index (χ4v) is 7.84. The van der Waals surface area contributed by atoms with E-state index in [2.05, 4.69) is 193 Å². The summed E-state index contributed by atoms with van der Waals surface area (Å²) < 4.78 is 0. The lowest BCUT2D eigenvalue weighted by Gasteiger charge is -2.27. The summed E-state index contributed by atoms with van der Waals surface area (Å²) in [6.45, 7) is 0. The fraction of sp³-hybridized carbons (Fsp3) is 0.0612. The molecule has 0 saturated carbocycles. The van der Waals surface area contributed by atoms with Gasteiger partial charge in [0.2, 0.25) is 0 Å². The number of benzene rings is 6. The van der Waals surface area contributed by atoms with Gasteiger partial charge in [-0.3, -0.25) is 0 Å². The van der Waals surface area contributed by atoms with Crippen LogP contribution in [0.2, 0.25) is 0 Å². The smallest absolute Gasteiger partial charge is 0.0461 e. The summed E-state index contributed by atoms with van der Waals surface area (Å²) in [7, 11) is 0. The lowest BCUT2D eigenvalue weighted by molar-refractivity contribution is 1.11. The zero-order chi connectivity index (χ0) is 33.3. The minimum absolute atomic E-state index is 0.850. The van der Waals surface area contributed by atoms with Crippen LogP contribution in [0.15, 0.2) is 200 Å². The Balaban J connectivity index is 1.06. The molecular weight excluding hydrogens is 603 g/mol. The molecule has 0 radical (unpaired) electrons. The molecular formula is C49H37N. The van der Waals surface area contributed by atoms with Gasteiger partial charge in [-0.2, -0.15) is 0 Å². The largest absolute Gasteiger partial charge is 0.311 e. The second-order valence-corrected chi connectivity index (χ2v) is 13.1. The number of fused-ring (bicyclic) bond motifs is 5. The van der Waals surface area contributed by atoms with Crippen LogP contribution < -0.4 is 4.90 Å². The fourth-order valence-electron chi connectivity index (χ4n) is 7.84. The first-order valence-corrected chi connectivity index (χ1v) is 17.6. The van der Waals surface area contributed by atoms with E-state index in [0.29, 0.717) is 0 Å². The van der Waals surface area contributed by atoms with Crippen molar-refractivity contribution in [2.75, 3.05) is 4.90 Å². The molecule has 0 atom stereocenters. The van der Waals surface area contributed by atoms with Gasteiger partial charge in [-0.05, 0) is 116 Å². The van der Waals surface area contributed by atoms with Crippen molar-refractivity contribution in [3.8, 4) is 22.3 Å². The monoisotopic (exact) mass is 639 g/mol. The average Bonchev–Trinajstić information content (AvgIpc) is 3.31. The van der Waals surface area contributed by atoms with Gasteiger partial charge in [-0.1, -0.05) is 158 Å². The van der Waals surface area contributed by atoms with E-state index < -0.39 is 0 Å². The first-order chi connectivity index (χ1) is 24.8. The standard InChI is InChI=1S/C49H37N/c1-4-15-35(16-5-1)36-19-12-23-40(31-29-36)50(39-21-8-3-9-22-39)41-24-13-20-38(30-32-41)42-27-14-28-45-47(42)34-49-44-26-11-10-25-43(44)46(33-48(45)49)37-17-6-2-7-18-37/h1-11,14-33H,12-13,34H2. The van der Waals surface area contributed by atoms with Crippen LogP contribution in [-0.4, -0.2) is 0 Å². The van der Waals surface area contributed by atoms with E-state index in [1.807, 2.05) is 0 Å². The van der Waals surface area contributed by atoms with E-state index in [4.69, 9.17) is 0 Å². The molecule has 1 nitrogen and oxygen atoms in total. The molecule has 6 aromatic rings. The van der Waals surface area contributed by atoms with Gasteiger partial charge in [0.25, 0.3) is 0 Å². The number of hydrogen-bond donors (Lipinski definition) is 0. The Morgan fingerprint density at radius 2 is 0.960 bits per heavy atom. The Morgan fingerprint density at radius 1 is 0.380 bits per heavy atom. The summed E-state index contributed by atoms with van der Waals surface area (Å²) in [6, 6.07) is 50.5. The van der Waals surface area contributed by atoms with E-state index in [1.54, 1.807) is 0 Å². The molecule has 0 aliphatic heterocycles. The summed E-state index contributed by atoms with van der Waals surface area (Å²) in [5, 5.41) is 2.68. The Kier molecular flexibility index (Phi) is 7.80. The van der Waals surface area contributed by atoms with Crippen molar-refractivity contribution < 1.29 is 0 Å². The number of nitrogens with zero attached hydrogens (tertiary/aromatic N) is 1. The quantitative estimate of drug-likeness (QED) is 0.175. The van der Waals surface area contributed by atoms with E-state index >= 15 is 0 Å². The van der Waals surface area contributed by atoms with Crippen LogP contribution >= 0.6 is 0 Å². The topological polar surface area (TPSA) is 3.24 Å². The van der Waals surface area contributed by atoms with Crippen LogP contribution in [0.3, 0.4) is 0 Å². The van der Waals surface area contributed by atoms with Gasteiger partial charge in [0.15, 0.2) is 0 Å². The molecule has 0 fully saturated rings. The third-order valence-electron chi connectivity index (χ3n) is 10.2. The Labute approximate surface area is 294 Å². The molecule has 0 spiro atoms. The van der Waals surface area contributed by atoms with Gasteiger partial charge in [0.05, 0.1) is 0 Å². The molecule has 6 aromatic carbocycles. The predicted octanol–water partition coefficient (Wildman–Crippen LogP) is 12.7. The van der Waals surface area contributed by atoms with Crippen LogP contribution in [-0.2, 0) is 6.42 Å². The number of rotatable bonds is 6. The maximum Gasteiger partial charge on any atom is 0.0461 e. The molecule has 9 rings (SSSR count). The molecule has 0 amide bonds. The van der Waals surface area contributed by atoms with Crippen LogP contribution in [0.5, 0.6) is 0 Å². The van der Waals surface area contributed by atoms with Gasteiger partial charge >= 0.3 is 0 Å². The van der Waals surface area contributed by atoms with Gasteiger partial charge in [-0.15, -0.1) is 0 Å². The molecule has 0 unspecified atom stereocenters. The SMILES string of the molecule is C1=CC(N(C2=CCC=C(c3cccc4c3Cc3c-4cc(-c4ccccc4)c4ccccc34)C=C2)c2ccccc2)=CCC=C1c1ccccc1. The van der Waals surface area contributed by atoms with E-state index in [9.17, 15) is 0 Å². The first kappa shape index (κ1) is 29.9. The highest BCUT2D eigenvalue weighted by Gasteiger charge is 2.26. The van der Waals surface area contributed by atoms with Crippen molar-refractivity contribution in [3.05, 3.63) is 222 Å². The second kappa shape index (κ2) is 13.0. The summed E-state index contributed by atoms with van der Waals surface area (Å²) in [5.41, 5.74) is 16.7. The minimum atomic E-state index is 0.850. The lowest BCUT2D eigenvalue weighted by Crippen LogP contribution is -2.19. The lowest BCUT2D eigenvalue weighted by atomic mass is 9.91. The molecule has 3 aliphatic carbocycles. The molecule has 0 saturated heterocycles. The van der Waals surface area contributed by atoms with Crippen molar-refractivity contribution in [2.45, 2.75) is 19.3 Å². The first-order valence-electron chi connectivity index (χ1n) is 17.6. The Morgan fingerprint density at radius 3 is 1.68 bits per heavy atom. The van der Waals surface area contributed by atoms with Crippen molar-refractivity contribution in [1.82, 2.24) is 0 Å². The maximum atomic E-state index is 2.43. The average molecular weight is 640 g/mol. The van der Waals surface area contributed by atoms with Gasteiger partial charge in [0, 0.05) is 17.1 Å². The van der Waals surface area contributed by atoms with Crippen LogP contribution in [0, 0.1) is 0 Å². The van der Waals surface area contributed by atoms with Gasteiger partial charge in [0.1, 0.15) is 0 Å². The Bertz CT molecular complexity index is 2420. The normalized spacial score (nSPS) is 14.9. The molecule has 3 aliphatic rings. The highest BCUT2D eigenvalue weighted by atomic mass is 15.1. The molecule has 0 N–H and O–H groups in total. The maximum absolute atomic E-state index is 2.43. The molecule has 0 aromatic heterocycles. The summed E-state index contributed by atoms with van der Waals surface area (Å²) >= 11 is 0. The molecule has 0 heterocycles. The van der Waals surface area contributed by atoms with Crippen molar-refractivity contribution in [2.24, 2.45) is 0 Å². The third kappa shape index (κ3) is 5.47. The Hall–Kier alpha value is -6.18. The van der Waals surface area contributed by atoms with E-state index in [-0.39, 0.29) is 0 Å². The molecule has 0 bridgehead atoms. The van der Waals surface area contributed by atoms with Crippen molar-refractivity contribution in [1.29, 1.82) is 0 Å². The molecule has 238 valence electrons. The minimum Gasteiger partial charge on any atom is -0.311 e. The van der Waals surface area contributed by atoms with E-state index in [0.717, 1.165) is 24.9 Å². The number of allylic oxidation sites excluding steroid dienone is 10. The van der Waals surface area contributed by atoms with Crippen LogP contribution in [0.1, 0.15) is 35.1 Å².